The van der Waals surface area contributed by atoms with E-state index in [1.165, 1.54) is 44.5 Å². The van der Waals surface area contributed by atoms with Gasteiger partial charge in [-0.05, 0) is 38.8 Å². The molecule has 0 radical (unpaired) electrons. The van der Waals surface area contributed by atoms with Crippen molar-refractivity contribution in [2.24, 2.45) is 0 Å². The summed E-state index contributed by atoms with van der Waals surface area (Å²) in [6.45, 7) is 10.3. The molecule has 76 valence electrons. The lowest BCUT2D eigenvalue weighted by molar-refractivity contribution is 0.282. The van der Waals surface area contributed by atoms with E-state index >= 15 is 0 Å². The molecule has 0 saturated carbocycles. The summed E-state index contributed by atoms with van der Waals surface area (Å²) in [6.07, 6.45) is 5.02. The molecule has 0 aromatic rings. The number of nitrogens with one attached hydrogen (secondary N) is 2. The summed E-state index contributed by atoms with van der Waals surface area (Å²) >= 11 is 0. The van der Waals surface area contributed by atoms with Gasteiger partial charge in [-0.3, -0.25) is 0 Å². The van der Waals surface area contributed by atoms with Gasteiger partial charge in [0, 0.05) is 11.2 Å². The molecule has 0 unspecified atom stereocenters. The van der Waals surface area contributed by atoms with Crippen LogP contribution < -0.4 is 10.6 Å². The Kier molecular flexibility index (Phi) is 3.79. The van der Waals surface area contributed by atoms with Crippen LogP contribution in [0.1, 0.15) is 39.5 Å². The average Bonchev–Trinajstić information content (AvgIpc) is 2.52. The van der Waals surface area contributed by atoms with Gasteiger partial charge in [0.2, 0.25) is 0 Å². The third-order valence-electron chi connectivity index (χ3n) is 2.91. The molecule has 0 atom stereocenters. The maximum absolute atomic E-state index is 3.97. The minimum absolute atomic E-state index is 0.433. The Bertz CT molecular complexity index is 169. The Balaban J connectivity index is 0.000000396. The van der Waals surface area contributed by atoms with Gasteiger partial charge in [0.25, 0.3) is 0 Å². The molecule has 2 rings (SSSR count). The molecule has 2 aliphatic rings. The molecule has 2 N–H and O–H groups in total. The maximum atomic E-state index is 3.97. The SMILES string of the molecule is C=C1CCC2(CCNCC2)N1.CC. The van der Waals surface area contributed by atoms with Gasteiger partial charge in [-0.25, -0.2) is 0 Å². The summed E-state index contributed by atoms with van der Waals surface area (Å²) in [7, 11) is 0. The molecular weight excluding hydrogens is 160 g/mol. The zero-order chi connectivity index (χ0) is 9.73. The van der Waals surface area contributed by atoms with Crippen molar-refractivity contribution in [3.8, 4) is 0 Å². The third-order valence-corrected chi connectivity index (χ3v) is 2.91. The molecule has 0 aromatic heterocycles. The first kappa shape index (κ1) is 10.6. The number of rotatable bonds is 0. The van der Waals surface area contributed by atoms with E-state index in [0.29, 0.717) is 5.54 Å². The summed E-state index contributed by atoms with van der Waals surface area (Å²) in [5, 5.41) is 6.92. The lowest BCUT2D eigenvalue weighted by atomic mass is 9.87. The van der Waals surface area contributed by atoms with Gasteiger partial charge in [0.05, 0.1) is 0 Å². The highest BCUT2D eigenvalue weighted by Gasteiger charge is 2.35. The van der Waals surface area contributed by atoms with Crippen molar-refractivity contribution in [1.82, 2.24) is 10.6 Å². The fourth-order valence-corrected chi connectivity index (χ4v) is 2.17. The largest absolute Gasteiger partial charge is 0.383 e. The monoisotopic (exact) mass is 182 g/mol. The molecule has 2 heterocycles. The van der Waals surface area contributed by atoms with Crippen LogP contribution in [0.5, 0.6) is 0 Å². The Morgan fingerprint density at radius 2 is 1.77 bits per heavy atom. The minimum atomic E-state index is 0.433. The van der Waals surface area contributed by atoms with Crippen LogP contribution in [-0.4, -0.2) is 18.6 Å². The summed E-state index contributed by atoms with van der Waals surface area (Å²) in [6, 6.07) is 0. The lowest BCUT2D eigenvalue weighted by Gasteiger charge is -2.34. The summed E-state index contributed by atoms with van der Waals surface area (Å²) < 4.78 is 0. The highest BCUT2D eigenvalue weighted by molar-refractivity contribution is 5.10. The molecule has 1 spiro atoms. The van der Waals surface area contributed by atoms with Crippen LogP contribution >= 0.6 is 0 Å². The predicted octanol–water partition coefficient (Wildman–Crippen LogP) is 2.03. The second kappa shape index (κ2) is 4.66. The highest BCUT2D eigenvalue weighted by atomic mass is 15.1. The van der Waals surface area contributed by atoms with Gasteiger partial charge in [0.15, 0.2) is 0 Å². The van der Waals surface area contributed by atoms with E-state index in [-0.39, 0.29) is 0 Å². The molecule has 2 heteroatoms. The van der Waals surface area contributed by atoms with E-state index in [9.17, 15) is 0 Å². The highest BCUT2D eigenvalue weighted by Crippen LogP contribution is 2.31. The number of piperidine rings is 1. The second-order valence-electron chi connectivity index (χ2n) is 3.76. The molecule has 2 aliphatic heterocycles. The average molecular weight is 182 g/mol. The van der Waals surface area contributed by atoms with Crippen molar-refractivity contribution in [3.05, 3.63) is 12.3 Å². The van der Waals surface area contributed by atoms with Gasteiger partial charge >= 0.3 is 0 Å². The quantitative estimate of drug-likeness (QED) is 0.599. The molecule has 2 fully saturated rings. The second-order valence-corrected chi connectivity index (χ2v) is 3.76. The molecular formula is C11H22N2. The van der Waals surface area contributed by atoms with E-state index in [4.69, 9.17) is 0 Å². The normalized spacial score (nSPS) is 24.9. The van der Waals surface area contributed by atoms with Gasteiger partial charge in [-0.2, -0.15) is 0 Å². The van der Waals surface area contributed by atoms with Gasteiger partial charge < -0.3 is 10.6 Å². The molecule has 0 bridgehead atoms. The first-order valence-electron chi connectivity index (χ1n) is 5.47. The maximum Gasteiger partial charge on any atom is 0.0398 e. The van der Waals surface area contributed by atoms with Crippen LogP contribution in [0.15, 0.2) is 12.3 Å². The smallest absolute Gasteiger partial charge is 0.0398 e. The fourth-order valence-electron chi connectivity index (χ4n) is 2.17. The van der Waals surface area contributed by atoms with Crippen LogP contribution in [0.25, 0.3) is 0 Å². The topological polar surface area (TPSA) is 24.1 Å². The Morgan fingerprint density at radius 1 is 1.15 bits per heavy atom. The summed E-state index contributed by atoms with van der Waals surface area (Å²) in [5.74, 6) is 0. The number of hydrogen-bond acceptors (Lipinski definition) is 2. The lowest BCUT2D eigenvalue weighted by Crippen LogP contribution is -2.47. The number of allylic oxidation sites excluding steroid dienone is 1. The zero-order valence-corrected chi connectivity index (χ0v) is 8.95. The third kappa shape index (κ3) is 2.47. The van der Waals surface area contributed by atoms with Crippen molar-refractivity contribution in [2.75, 3.05) is 13.1 Å². The molecule has 13 heavy (non-hydrogen) atoms. The predicted molar refractivity (Wildman–Crippen MR) is 57.7 cm³/mol. The van der Waals surface area contributed by atoms with Crippen LogP contribution in [0.4, 0.5) is 0 Å². The first-order chi connectivity index (χ1) is 6.31. The van der Waals surface area contributed by atoms with Crippen molar-refractivity contribution in [2.45, 2.75) is 45.1 Å². The standard InChI is InChI=1S/C9H16N2.C2H6/c1-8-2-3-9(11-8)4-6-10-7-5-9;1-2/h10-11H,1-7H2;1-2H3. The van der Waals surface area contributed by atoms with Gasteiger partial charge in [-0.15, -0.1) is 0 Å². The molecule has 2 nitrogen and oxygen atoms in total. The van der Waals surface area contributed by atoms with Gasteiger partial charge in [-0.1, -0.05) is 20.4 Å². The van der Waals surface area contributed by atoms with Crippen LogP contribution in [0, 0.1) is 0 Å². The van der Waals surface area contributed by atoms with E-state index < -0.39 is 0 Å². The zero-order valence-electron chi connectivity index (χ0n) is 8.95. The van der Waals surface area contributed by atoms with Crippen molar-refractivity contribution >= 4 is 0 Å². The van der Waals surface area contributed by atoms with E-state index in [0.717, 1.165) is 0 Å². The van der Waals surface area contributed by atoms with Crippen LogP contribution in [0.3, 0.4) is 0 Å². The van der Waals surface area contributed by atoms with E-state index in [1.807, 2.05) is 13.8 Å². The van der Waals surface area contributed by atoms with E-state index in [2.05, 4.69) is 17.2 Å². The Hall–Kier alpha value is -0.500. The van der Waals surface area contributed by atoms with E-state index in [1.54, 1.807) is 0 Å². The van der Waals surface area contributed by atoms with Crippen molar-refractivity contribution < 1.29 is 0 Å². The minimum Gasteiger partial charge on any atom is -0.383 e. The van der Waals surface area contributed by atoms with Crippen LogP contribution in [-0.2, 0) is 0 Å². The molecule has 0 amide bonds. The molecule has 2 saturated heterocycles. The first-order valence-corrected chi connectivity index (χ1v) is 5.47. The van der Waals surface area contributed by atoms with Gasteiger partial charge in [0.1, 0.15) is 0 Å². The summed E-state index contributed by atoms with van der Waals surface area (Å²) in [5.41, 5.74) is 1.68. The Labute approximate surface area is 81.8 Å². The van der Waals surface area contributed by atoms with Crippen molar-refractivity contribution in [3.63, 3.8) is 0 Å². The van der Waals surface area contributed by atoms with Crippen molar-refractivity contribution in [1.29, 1.82) is 0 Å². The Morgan fingerprint density at radius 3 is 2.23 bits per heavy atom. The number of hydrogen-bond donors (Lipinski definition) is 2. The molecule has 0 aliphatic carbocycles. The summed E-state index contributed by atoms with van der Waals surface area (Å²) in [4.78, 5) is 0. The van der Waals surface area contributed by atoms with Crippen LogP contribution in [0.2, 0.25) is 0 Å². The molecule has 0 aromatic carbocycles. The fraction of sp³-hybridized carbons (Fsp3) is 0.818.